The first-order chi connectivity index (χ1) is 9.75. The lowest BCUT2D eigenvalue weighted by Gasteiger charge is -1.97. The Morgan fingerprint density at radius 3 is 1.95 bits per heavy atom. The maximum Gasteiger partial charge on any atom is 0.673 e. The second kappa shape index (κ2) is 8.00. The van der Waals surface area contributed by atoms with Crippen LogP contribution in [0.4, 0.5) is 28.6 Å². The van der Waals surface area contributed by atoms with E-state index in [-0.39, 0.29) is 0 Å². The summed E-state index contributed by atoms with van der Waals surface area (Å²) in [5, 5.41) is 9.23. The number of hydrogen-bond acceptors (Lipinski definition) is 2. The van der Waals surface area contributed by atoms with Crippen molar-refractivity contribution in [3.8, 4) is 0 Å². The molecular formula is C12H8BCl2F4N2-. The smallest absolute Gasteiger partial charge is 0.418 e. The minimum Gasteiger partial charge on any atom is -0.418 e. The van der Waals surface area contributed by atoms with Crippen molar-refractivity contribution < 1.29 is 17.3 Å². The zero-order valence-electron chi connectivity index (χ0n) is 10.4. The van der Waals surface area contributed by atoms with Crippen LogP contribution in [0.2, 0.25) is 10.0 Å². The molecule has 9 heteroatoms. The van der Waals surface area contributed by atoms with Crippen LogP contribution < -0.4 is 0 Å². The van der Waals surface area contributed by atoms with Crippen LogP contribution in [0.25, 0.3) is 0 Å². The Balaban J connectivity index is 0.000000383. The molecule has 0 saturated heterocycles. The highest BCUT2D eigenvalue weighted by molar-refractivity contribution is 6.50. The van der Waals surface area contributed by atoms with Gasteiger partial charge in [0.05, 0.1) is 10.7 Å². The van der Waals surface area contributed by atoms with Crippen LogP contribution >= 0.6 is 23.2 Å². The highest BCUT2D eigenvalue weighted by atomic mass is 35.5. The van der Waals surface area contributed by atoms with E-state index in [1.807, 2.05) is 30.3 Å². The van der Waals surface area contributed by atoms with Crippen LogP contribution in [-0.4, -0.2) is 7.25 Å². The molecule has 112 valence electrons. The van der Waals surface area contributed by atoms with Gasteiger partial charge in [-0.2, -0.15) is 5.11 Å². The SMILES string of the molecule is Clc1ccc(Cl)c(N=Nc2ccccc2)c1.F[B-](F)(F)F. The second-order valence-electron chi connectivity index (χ2n) is 3.63. The Labute approximate surface area is 128 Å². The van der Waals surface area contributed by atoms with E-state index < -0.39 is 7.25 Å². The molecule has 0 fully saturated rings. The summed E-state index contributed by atoms with van der Waals surface area (Å²) >= 11 is 11.8. The van der Waals surface area contributed by atoms with Gasteiger partial charge in [0.1, 0.15) is 5.69 Å². The first-order valence-corrected chi connectivity index (χ1v) is 6.30. The summed E-state index contributed by atoms with van der Waals surface area (Å²) in [5.41, 5.74) is 1.34. The van der Waals surface area contributed by atoms with Crippen LogP contribution in [0.15, 0.2) is 58.8 Å². The fourth-order valence-corrected chi connectivity index (χ4v) is 1.49. The lowest BCUT2D eigenvalue weighted by Crippen LogP contribution is -2.02. The molecule has 0 spiro atoms. The fourth-order valence-electron chi connectivity index (χ4n) is 1.17. The Morgan fingerprint density at radius 1 is 0.810 bits per heavy atom. The van der Waals surface area contributed by atoms with Gasteiger partial charge in [-0.15, -0.1) is 5.11 Å². The van der Waals surface area contributed by atoms with Crippen molar-refractivity contribution in [2.45, 2.75) is 0 Å². The molecule has 0 aliphatic heterocycles. The van der Waals surface area contributed by atoms with Crippen molar-refractivity contribution in [2.75, 3.05) is 0 Å². The van der Waals surface area contributed by atoms with Crippen molar-refractivity contribution in [3.05, 3.63) is 58.6 Å². The Hall–Kier alpha value is -1.60. The van der Waals surface area contributed by atoms with Gasteiger partial charge in [-0.25, -0.2) is 0 Å². The minimum atomic E-state index is -6.00. The lowest BCUT2D eigenvalue weighted by molar-refractivity contribution is 0.368. The first kappa shape index (κ1) is 17.5. The summed E-state index contributed by atoms with van der Waals surface area (Å²) in [7, 11) is -6.00. The van der Waals surface area contributed by atoms with Gasteiger partial charge in [-0.1, -0.05) is 41.4 Å². The predicted molar refractivity (Wildman–Crippen MR) is 77.3 cm³/mol. The summed E-state index contributed by atoms with van der Waals surface area (Å²) in [6, 6.07) is 14.5. The molecule has 0 atom stereocenters. The molecule has 0 aliphatic rings. The van der Waals surface area contributed by atoms with E-state index in [4.69, 9.17) is 23.2 Å². The van der Waals surface area contributed by atoms with Gasteiger partial charge in [0.25, 0.3) is 0 Å². The van der Waals surface area contributed by atoms with Crippen molar-refractivity contribution in [1.29, 1.82) is 0 Å². The molecular weight excluding hydrogens is 330 g/mol. The molecule has 2 aromatic rings. The van der Waals surface area contributed by atoms with E-state index in [0.717, 1.165) is 5.69 Å². The molecule has 2 rings (SSSR count). The third kappa shape index (κ3) is 8.32. The van der Waals surface area contributed by atoms with E-state index in [1.165, 1.54) is 0 Å². The maximum atomic E-state index is 9.75. The monoisotopic (exact) mass is 337 g/mol. The summed E-state index contributed by atoms with van der Waals surface area (Å²) < 4.78 is 39.0. The van der Waals surface area contributed by atoms with E-state index >= 15 is 0 Å². The van der Waals surface area contributed by atoms with E-state index in [9.17, 15) is 17.3 Å². The average molecular weight is 338 g/mol. The van der Waals surface area contributed by atoms with Crippen molar-refractivity contribution in [3.63, 3.8) is 0 Å². The molecule has 0 radical (unpaired) electrons. The average Bonchev–Trinajstić information content (AvgIpc) is 2.39. The van der Waals surface area contributed by atoms with Gasteiger partial charge in [-0.05, 0) is 30.3 Å². The lowest BCUT2D eigenvalue weighted by atomic mass is 10.3. The zero-order valence-corrected chi connectivity index (χ0v) is 11.9. The summed E-state index contributed by atoms with van der Waals surface area (Å²) in [4.78, 5) is 0. The number of azo groups is 1. The molecule has 0 aromatic heterocycles. The normalized spacial score (nSPS) is 11.1. The van der Waals surface area contributed by atoms with Crippen LogP contribution in [0, 0.1) is 0 Å². The molecule has 0 heterocycles. The first-order valence-electron chi connectivity index (χ1n) is 5.55. The summed E-state index contributed by atoms with van der Waals surface area (Å²) in [6.07, 6.45) is 0. The van der Waals surface area contributed by atoms with Gasteiger partial charge in [0.2, 0.25) is 0 Å². The number of nitrogens with zero attached hydrogens (tertiary/aromatic N) is 2. The Morgan fingerprint density at radius 2 is 1.38 bits per heavy atom. The molecule has 21 heavy (non-hydrogen) atoms. The maximum absolute atomic E-state index is 9.75. The van der Waals surface area contributed by atoms with E-state index in [1.54, 1.807) is 18.2 Å². The van der Waals surface area contributed by atoms with Gasteiger partial charge in [0, 0.05) is 5.02 Å². The quantitative estimate of drug-likeness (QED) is 0.330. The minimum absolute atomic E-state index is 0.532. The highest BCUT2D eigenvalue weighted by Gasteiger charge is 2.20. The summed E-state index contributed by atoms with van der Waals surface area (Å²) in [5.74, 6) is 0. The van der Waals surface area contributed by atoms with Crippen molar-refractivity contribution in [1.82, 2.24) is 0 Å². The molecule has 0 unspecified atom stereocenters. The molecule has 0 saturated carbocycles. The van der Waals surface area contributed by atoms with E-state index in [0.29, 0.717) is 15.7 Å². The topological polar surface area (TPSA) is 24.7 Å². The highest BCUT2D eigenvalue weighted by Crippen LogP contribution is 2.29. The molecule has 0 amide bonds. The van der Waals surface area contributed by atoms with Gasteiger partial charge in [-0.3, -0.25) is 0 Å². The number of rotatable bonds is 2. The van der Waals surface area contributed by atoms with Gasteiger partial charge in [0.15, 0.2) is 0 Å². The zero-order chi connectivity index (χ0) is 15.9. The second-order valence-corrected chi connectivity index (χ2v) is 4.47. The number of hydrogen-bond donors (Lipinski definition) is 0. The Bertz CT molecular complexity index is 600. The third-order valence-electron chi connectivity index (χ3n) is 1.94. The summed E-state index contributed by atoms with van der Waals surface area (Å²) in [6.45, 7) is 0. The molecule has 2 nitrogen and oxygen atoms in total. The van der Waals surface area contributed by atoms with Crippen LogP contribution in [0.5, 0.6) is 0 Å². The van der Waals surface area contributed by atoms with Crippen LogP contribution in [-0.2, 0) is 0 Å². The standard InChI is InChI=1S/C12H8Cl2N2.BF4/c13-9-6-7-11(14)12(8-9)16-15-10-4-2-1-3-5-10;2-1(3,4)5/h1-8H;/q;-1. The Kier molecular flexibility index (Phi) is 6.65. The molecule has 0 bridgehead atoms. The van der Waals surface area contributed by atoms with Crippen molar-refractivity contribution >= 4 is 41.8 Å². The van der Waals surface area contributed by atoms with Crippen LogP contribution in [0.3, 0.4) is 0 Å². The number of halogens is 6. The molecule has 0 aliphatic carbocycles. The number of benzene rings is 2. The molecule has 2 aromatic carbocycles. The fraction of sp³-hybridized carbons (Fsp3) is 0. The van der Waals surface area contributed by atoms with E-state index in [2.05, 4.69) is 10.2 Å². The molecule has 0 N–H and O–H groups in total. The van der Waals surface area contributed by atoms with Crippen molar-refractivity contribution in [2.24, 2.45) is 10.2 Å². The van der Waals surface area contributed by atoms with Gasteiger partial charge < -0.3 is 17.3 Å². The predicted octanol–water partition coefficient (Wildman–Crippen LogP) is 6.71. The largest absolute Gasteiger partial charge is 0.673 e. The van der Waals surface area contributed by atoms with Crippen LogP contribution in [0.1, 0.15) is 0 Å². The van der Waals surface area contributed by atoms with Gasteiger partial charge >= 0.3 is 7.25 Å². The third-order valence-corrected chi connectivity index (χ3v) is 2.49.